The van der Waals surface area contributed by atoms with Crippen LogP contribution in [-0.2, 0) is 4.79 Å². The van der Waals surface area contributed by atoms with Crippen LogP contribution in [0.1, 0.15) is 27.2 Å². The summed E-state index contributed by atoms with van der Waals surface area (Å²) >= 11 is 0. The van der Waals surface area contributed by atoms with Gasteiger partial charge >= 0.3 is 0 Å². The Bertz CT molecular complexity index is 519. The molecule has 1 rings (SSSR count). The fourth-order valence-electron chi connectivity index (χ4n) is 1.94. The van der Waals surface area contributed by atoms with Crippen LogP contribution in [0.2, 0.25) is 0 Å². The number of oxime groups is 1. The normalized spacial score (nSPS) is 14.7. The van der Waals surface area contributed by atoms with Crippen LogP contribution in [0.5, 0.6) is 0 Å². The van der Waals surface area contributed by atoms with Crippen molar-refractivity contribution >= 4 is 17.4 Å². The number of anilines is 1. The van der Waals surface area contributed by atoms with E-state index in [2.05, 4.69) is 5.16 Å². The fourth-order valence-corrected chi connectivity index (χ4v) is 1.94. The van der Waals surface area contributed by atoms with E-state index in [1.165, 1.54) is 17.0 Å². The van der Waals surface area contributed by atoms with Gasteiger partial charge in [-0.2, -0.15) is 0 Å². The molecular formula is C14H20FN3O2. The summed E-state index contributed by atoms with van der Waals surface area (Å²) in [6, 6.07) is 6.03. The highest BCUT2D eigenvalue weighted by Gasteiger charge is 2.40. The topological polar surface area (TPSA) is 78.9 Å². The summed E-state index contributed by atoms with van der Waals surface area (Å²) in [5, 5.41) is 11.8. The highest BCUT2D eigenvalue weighted by atomic mass is 19.1. The summed E-state index contributed by atoms with van der Waals surface area (Å²) in [5.74, 6) is -1.07. The predicted octanol–water partition coefficient (Wildman–Crippen LogP) is 2.34. The monoisotopic (exact) mass is 281 g/mol. The number of benzene rings is 1. The van der Waals surface area contributed by atoms with Gasteiger partial charge in [0.25, 0.3) is 0 Å². The first-order chi connectivity index (χ1) is 9.42. The number of para-hydroxylation sites is 1. The Morgan fingerprint density at radius 2 is 2.05 bits per heavy atom. The van der Waals surface area contributed by atoms with Crippen LogP contribution in [0.4, 0.5) is 10.1 Å². The highest BCUT2D eigenvalue weighted by Crippen LogP contribution is 2.29. The number of halogens is 1. The summed E-state index contributed by atoms with van der Waals surface area (Å²) in [6.07, 6.45) is 0.340. The van der Waals surface area contributed by atoms with Crippen LogP contribution in [0, 0.1) is 11.2 Å². The third-order valence-corrected chi connectivity index (χ3v) is 3.56. The predicted molar refractivity (Wildman–Crippen MR) is 76.2 cm³/mol. The number of hydrogen-bond acceptors (Lipinski definition) is 3. The molecule has 0 heterocycles. The molecule has 0 fully saturated rings. The van der Waals surface area contributed by atoms with E-state index in [0.29, 0.717) is 6.42 Å². The average molecular weight is 281 g/mol. The lowest BCUT2D eigenvalue weighted by atomic mass is 9.84. The van der Waals surface area contributed by atoms with Gasteiger partial charge in [-0.25, -0.2) is 4.39 Å². The van der Waals surface area contributed by atoms with Crippen LogP contribution in [0.3, 0.4) is 0 Å². The van der Waals surface area contributed by atoms with E-state index in [1.807, 2.05) is 0 Å². The standard InChI is InChI=1S/C14H20FN3O2/c1-4-14(3,12(16)17-20)13(19)18(5-2)11-9-7-6-8-10(11)15/h6-9,20H,4-5H2,1-3H3,(H2,16,17). The van der Waals surface area contributed by atoms with Crippen molar-refractivity contribution in [3.05, 3.63) is 30.1 Å². The molecule has 0 aliphatic carbocycles. The maximum atomic E-state index is 13.9. The third-order valence-electron chi connectivity index (χ3n) is 3.56. The Morgan fingerprint density at radius 1 is 1.45 bits per heavy atom. The van der Waals surface area contributed by atoms with E-state index >= 15 is 0 Å². The zero-order valence-corrected chi connectivity index (χ0v) is 11.9. The van der Waals surface area contributed by atoms with Crippen molar-refractivity contribution < 1.29 is 14.4 Å². The molecule has 6 heteroatoms. The molecule has 0 aliphatic rings. The molecule has 110 valence electrons. The fraction of sp³-hybridized carbons (Fsp3) is 0.429. The number of carbonyl (C=O) groups excluding carboxylic acids is 1. The molecule has 0 aliphatic heterocycles. The van der Waals surface area contributed by atoms with Crippen LogP contribution in [0.15, 0.2) is 29.4 Å². The molecule has 5 nitrogen and oxygen atoms in total. The van der Waals surface area contributed by atoms with E-state index in [9.17, 15) is 9.18 Å². The summed E-state index contributed by atoms with van der Waals surface area (Å²) in [7, 11) is 0. The second-order valence-corrected chi connectivity index (χ2v) is 4.67. The Hall–Kier alpha value is -2.11. The minimum Gasteiger partial charge on any atom is -0.409 e. The highest BCUT2D eigenvalue weighted by molar-refractivity contribution is 6.12. The first kappa shape index (κ1) is 15.9. The summed E-state index contributed by atoms with van der Waals surface area (Å²) in [5.41, 5.74) is 4.64. The lowest BCUT2D eigenvalue weighted by molar-refractivity contribution is -0.124. The number of amides is 1. The maximum Gasteiger partial charge on any atom is 0.240 e. The molecule has 0 radical (unpaired) electrons. The van der Waals surface area contributed by atoms with Crippen molar-refractivity contribution in [2.75, 3.05) is 11.4 Å². The Morgan fingerprint density at radius 3 is 2.50 bits per heavy atom. The largest absolute Gasteiger partial charge is 0.409 e. The molecule has 0 saturated heterocycles. The van der Waals surface area contributed by atoms with Crippen LogP contribution in [0.25, 0.3) is 0 Å². The maximum absolute atomic E-state index is 13.9. The van der Waals surface area contributed by atoms with Crippen LogP contribution >= 0.6 is 0 Å². The van der Waals surface area contributed by atoms with Gasteiger partial charge < -0.3 is 15.8 Å². The van der Waals surface area contributed by atoms with Crippen molar-refractivity contribution in [2.45, 2.75) is 27.2 Å². The molecule has 1 amide bonds. The number of carbonyl (C=O) groups is 1. The van der Waals surface area contributed by atoms with E-state index in [-0.39, 0.29) is 18.1 Å². The second kappa shape index (κ2) is 6.36. The zero-order valence-electron chi connectivity index (χ0n) is 11.9. The Kier molecular flexibility index (Phi) is 5.07. The van der Waals surface area contributed by atoms with Gasteiger partial charge in [0, 0.05) is 6.54 Å². The van der Waals surface area contributed by atoms with E-state index < -0.39 is 17.1 Å². The van der Waals surface area contributed by atoms with Gasteiger partial charge in [-0.3, -0.25) is 4.79 Å². The van der Waals surface area contributed by atoms with Crippen molar-refractivity contribution in [3.63, 3.8) is 0 Å². The van der Waals surface area contributed by atoms with Crippen molar-refractivity contribution in [3.8, 4) is 0 Å². The lowest BCUT2D eigenvalue weighted by Crippen LogP contribution is -2.49. The summed E-state index contributed by atoms with van der Waals surface area (Å²) < 4.78 is 13.9. The quantitative estimate of drug-likeness (QED) is 0.376. The number of nitrogens with two attached hydrogens (primary N) is 1. The number of nitrogens with zero attached hydrogens (tertiary/aromatic N) is 2. The van der Waals surface area contributed by atoms with Crippen molar-refractivity contribution in [1.29, 1.82) is 0 Å². The van der Waals surface area contributed by atoms with Gasteiger partial charge in [-0.05, 0) is 32.4 Å². The molecule has 1 atom stereocenters. The van der Waals surface area contributed by atoms with E-state index in [0.717, 1.165) is 0 Å². The lowest BCUT2D eigenvalue weighted by Gasteiger charge is -2.32. The van der Waals surface area contributed by atoms with E-state index in [4.69, 9.17) is 10.9 Å². The number of hydrogen-bond donors (Lipinski definition) is 2. The molecule has 0 bridgehead atoms. The molecule has 1 aromatic rings. The molecular weight excluding hydrogens is 261 g/mol. The average Bonchev–Trinajstić information content (AvgIpc) is 2.47. The van der Waals surface area contributed by atoms with Gasteiger partial charge in [-0.15, -0.1) is 0 Å². The molecule has 3 N–H and O–H groups in total. The van der Waals surface area contributed by atoms with Gasteiger partial charge in [0.15, 0.2) is 5.84 Å². The Labute approximate surface area is 117 Å². The van der Waals surface area contributed by atoms with Gasteiger partial charge in [0.2, 0.25) is 5.91 Å². The second-order valence-electron chi connectivity index (χ2n) is 4.67. The number of amidine groups is 1. The van der Waals surface area contributed by atoms with Crippen molar-refractivity contribution in [2.24, 2.45) is 16.3 Å². The first-order valence-corrected chi connectivity index (χ1v) is 6.46. The van der Waals surface area contributed by atoms with Crippen LogP contribution < -0.4 is 10.6 Å². The molecule has 0 aromatic heterocycles. The van der Waals surface area contributed by atoms with Crippen molar-refractivity contribution in [1.82, 2.24) is 0 Å². The van der Waals surface area contributed by atoms with Gasteiger partial charge in [0.1, 0.15) is 11.2 Å². The first-order valence-electron chi connectivity index (χ1n) is 6.46. The third kappa shape index (κ3) is 2.74. The Balaban J connectivity index is 3.25. The smallest absolute Gasteiger partial charge is 0.240 e. The SMILES string of the molecule is CCN(C(=O)C(C)(CC)/C(N)=N/O)c1ccccc1F. The van der Waals surface area contributed by atoms with Gasteiger partial charge in [0.05, 0.1) is 5.69 Å². The zero-order chi connectivity index (χ0) is 15.3. The molecule has 1 aromatic carbocycles. The van der Waals surface area contributed by atoms with Crippen LogP contribution in [-0.4, -0.2) is 23.5 Å². The molecule has 0 spiro atoms. The van der Waals surface area contributed by atoms with E-state index in [1.54, 1.807) is 32.9 Å². The number of rotatable bonds is 5. The molecule has 0 saturated carbocycles. The molecule has 1 unspecified atom stereocenters. The minimum atomic E-state index is -1.17. The summed E-state index contributed by atoms with van der Waals surface area (Å²) in [6.45, 7) is 5.36. The molecule has 20 heavy (non-hydrogen) atoms. The summed E-state index contributed by atoms with van der Waals surface area (Å²) in [4.78, 5) is 14.0. The van der Waals surface area contributed by atoms with Gasteiger partial charge in [-0.1, -0.05) is 24.2 Å². The minimum absolute atomic E-state index is 0.181.